The van der Waals surface area contributed by atoms with Crippen molar-refractivity contribution < 1.29 is 51.0 Å². The zero-order valence-electron chi connectivity index (χ0n) is 31.7. The highest BCUT2D eigenvalue weighted by molar-refractivity contribution is 7.91. The number of halogens is 1. The lowest BCUT2D eigenvalue weighted by molar-refractivity contribution is -0.141. The molecule has 3 aliphatic carbocycles. The Morgan fingerprint density at radius 3 is 2.42 bits per heavy atom. The summed E-state index contributed by atoms with van der Waals surface area (Å²) in [7, 11) is -3.93. The van der Waals surface area contributed by atoms with E-state index in [1.807, 2.05) is 0 Å². The number of rotatable bonds is 13. The Morgan fingerprint density at radius 1 is 1.09 bits per heavy atom. The Morgan fingerprint density at radius 2 is 1.82 bits per heavy atom. The van der Waals surface area contributed by atoms with Crippen LogP contribution in [0.3, 0.4) is 0 Å². The number of benzene rings is 1. The number of nitrogens with one attached hydrogen (secondary N) is 3. The summed E-state index contributed by atoms with van der Waals surface area (Å²) in [5.41, 5.74) is -0.472. The minimum absolute atomic E-state index is 0.0357. The van der Waals surface area contributed by atoms with E-state index in [1.165, 1.54) is 11.0 Å². The van der Waals surface area contributed by atoms with Gasteiger partial charge in [0.1, 0.15) is 35.1 Å². The molecule has 2 aliphatic heterocycles. The lowest BCUT2D eigenvalue weighted by Crippen LogP contribution is -2.58. The second kappa shape index (κ2) is 15.5. The SMILES string of the molecule is CCC1C[C@]1(NC(=O)[C@@H]1C[C@@H](OC(=O)N2Cc3cccc(F)c3C2)CN1C(=O)[C@H](CCC(=O)C=C1CCC1)NC(=O)OC(C)(C)C)C(=O)NS(=O)(=O)C1CC1. The van der Waals surface area contributed by atoms with E-state index in [1.54, 1.807) is 45.9 Å². The molecule has 300 valence electrons. The molecular formula is C38H50FN5O10S. The van der Waals surface area contributed by atoms with Gasteiger partial charge in [0.2, 0.25) is 21.8 Å². The van der Waals surface area contributed by atoms with Crippen molar-refractivity contribution in [3.05, 3.63) is 46.8 Å². The average molecular weight is 788 g/mol. The number of amides is 5. The minimum atomic E-state index is -3.93. The fourth-order valence-electron chi connectivity index (χ4n) is 7.42. The molecule has 5 amide bonds. The molecule has 6 rings (SSSR count). The van der Waals surface area contributed by atoms with Gasteiger partial charge >= 0.3 is 12.2 Å². The average Bonchev–Trinajstić information content (AvgIpc) is 3.98. The van der Waals surface area contributed by atoms with Crippen LogP contribution in [0.5, 0.6) is 0 Å². The summed E-state index contributed by atoms with van der Waals surface area (Å²) in [5, 5.41) is 4.63. The van der Waals surface area contributed by atoms with Crippen molar-refractivity contribution in [3.8, 4) is 0 Å². The van der Waals surface area contributed by atoms with Crippen LogP contribution < -0.4 is 15.4 Å². The molecule has 0 radical (unpaired) electrons. The van der Waals surface area contributed by atoms with Gasteiger partial charge in [-0.3, -0.25) is 28.8 Å². The summed E-state index contributed by atoms with van der Waals surface area (Å²) < 4.78 is 53.2. The van der Waals surface area contributed by atoms with Gasteiger partial charge < -0.3 is 25.0 Å². The molecule has 4 fully saturated rings. The van der Waals surface area contributed by atoms with E-state index in [4.69, 9.17) is 9.47 Å². The summed E-state index contributed by atoms with van der Waals surface area (Å²) in [6.07, 6.45) is 2.50. The largest absolute Gasteiger partial charge is 0.444 e. The third-order valence-electron chi connectivity index (χ3n) is 10.9. The number of hydrogen-bond donors (Lipinski definition) is 3. The molecule has 1 aromatic rings. The third-order valence-corrected chi connectivity index (χ3v) is 12.7. The van der Waals surface area contributed by atoms with Crippen LogP contribution in [0.4, 0.5) is 14.0 Å². The number of alkyl carbamates (subject to hydrolysis) is 1. The van der Waals surface area contributed by atoms with E-state index < -0.39 is 80.3 Å². The van der Waals surface area contributed by atoms with E-state index in [0.29, 0.717) is 30.4 Å². The first-order valence-corrected chi connectivity index (χ1v) is 20.6. The normalized spacial score (nSPS) is 24.9. The number of carbonyl (C=O) groups is 6. The second-order valence-electron chi connectivity index (χ2n) is 16.3. The summed E-state index contributed by atoms with van der Waals surface area (Å²) in [6, 6.07) is 1.90. The Kier molecular flexibility index (Phi) is 11.3. The molecule has 0 bridgehead atoms. The molecular weight excluding hydrogens is 738 g/mol. The Hall–Kier alpha value is -4.54. The molecule has 3 saturated carbocycles. The molecule has 5 atom stereocenters. The standard InChI is InChI=1S/C38H50FN5O10S/c1-5-24-18-38(24,34(48)42-55(51,52)27-13-14-27)41-32(46)31-17-26(53-36(50)43-19-23-10-7-11-29(39)28(23)21-43)20-44(31)33(47)30(40-35(49)54-37(2,3)4)15-12-25(45)16-22-8-6-9-22/h7,10-11,16,24,26-27,30-31H,5-6,8-9,12-15,17-21H2,1-4H3,(H,40,49)(H,41,46)(H,42,48)/t24?,26-,30+,31+,38-/m1/s1. The number of ether oxygens (including phenoxy) is 2. The number of allylic oxidation sites excluding steroid dienone is 2. The van der Waals surface area contributed by atoms with Crippen LogP contribution in [-0.2, 0) is 51.8 Å². The van der Waals surface area contributed by atoms with E-state index in [-0.39, 0.29) is 57.0 Å². The van der Waals surface area contributed by atoms with E-state index in [2.05, 4.69) is 15.4 Å². The molecule has 0 spiro atoms. The van der Waals surface area contributed by atoms with Crippen molar-refractivity contribution in [2.75, 3.05) is 6.54 Å². The maximum Gasteiger partial charge on any atom is 0.410 e. The Balaban J connectivity index is 1.23. The minimum Gasteiger partial charge on any atom is -0.444 e. The van der Waals surface area contributed by atoms with Crippen LogP contribution in [0.15, 0.2) is 29.8 Å². The summed E-state index contributed by atoms with van der Waals surface area (Å²) in [4.78, 5) is 83.8. The Bertz CT molecular complexity index is 1890. The molecule has 17 heteroatoms. The molecule has 2 heterocycles. The van der Waals surface area contributed by atoms with Gasteiger partial charge in [0.15, 0.2) is 5.78 Å². The zero-order chi connectivity index (χ0) is 39.9. The summed E-state index contributed by atoms with van der Waals surface area (Å²) in [6.45, 7) is 6.52. The highest BCUT2D eigenvalue weighted by Crippen LogP contribution is 2.47. The summed E-state index contributed by atoms with van der Waals surface area (Å²) in [5.74, 6) is -3.44. The monoisotopic (exact) mass is 787 g/mol. The van der Waals surface area contributed by atoms with E-state index >= 15 is 0 Å². The van der Waals surface area contributed by atoms with Crippen LogP contribution in [-0.4, -0.2) is 95.0 Å². The van der Waals surface area contributed by atoms with Gasteiger partial charge in [-0.2, -0.15) is 0 Å². The number of sulfonamides is 1. The molecule has 55 heavy (non-hydrogen) atoms. The van der Waals surface area contributed by atoms with Gasteiger partial charge in [-0.05, 0) is 89.3 Å². The van der Waals surface area contributed by atoms with Crippen molar-refractivity contribution in [3.63, 3.8) is 0 Å². The van der Waals surface area contributed by atoms with Crippen LogP contribution >= 0.6 is 0 Å². The van der Waals surface area contributed by atoms with Crippen LogP contribution in [0.25, 0.3) is 0 Å². The lowest BCUT2D eigenvalue weighted by Gasteiger charge is -2.30. The third kappa shape index (κ3) is 9.30. The first-order chi connectivity index (χ1) is 25.9. The van der Waals surface area contributed by atoms with Crippen molar-refractivity contribution >= 4 is 45.7 Å². The quantitative estimate of drug-likeness (QED) is 0.249. The molecule has 1 aromatic carbocycles. The van der Waals surface area contributed by atoms with Gasteiger partial charge in [-0.15, -0.1) is 0 Å². The molecule has 5 aliphatic rings. The lowest BCUT2D eigenvalue weighted by atomic mass is 9.91. The van der Waals surface area contributed by atoms with Gasteiger partial charge in [-0.1, -0.05) is 31.1 Å². The highest BCUT2D eigenvalue weighted by atomic mass is 32.2. The smallest absolute Gasteiger partial charge is 0.410 e. The highest BCUT2D eigenvalue weighted by Gasteiger charge is 2.62. The van der Waals surface area contributed by atoms with E-state index in [0.717, 1.165) is 29.7 Å². The Labute approximate surface area is 320 Å². The number of ketones is 1. The zero-order valence-corrected chi connectivity index (χ0v) is 32.5. The van der Waals surface area contributed by atoms with Gasteiger partial charge in [0.05, 0.1) is 18.3 Å². The first kappa shape index (κ1) is 40.1. The fourth-order valence-corrected chi connectivity index (χ4v) is 8.78. The maximum absolute atomic E-state index is 14.5. The molecule has 1 unspecified atom stereocenters. The van der Waals surface area contributed by atoms with Crippen molar-refractivity contribution in [1.82, 2.24) is 25.2 Å². The van der Waals surface area contributed by atoms with E-state index in [9.17, 15) is 41.6 Å². The number of hydrogen-bond acceptors (Lipinski definition) is 10. The van der Waals surface area contributed by atoms with Gasteiger partial charge in [0.25, 0.3) is 5.91 Å². The number of carbonyl (C=O) groups excluding carboxylic acids is 6. The first-order valence-electron chi connectivity index (χ1n) is 19.0. The van der Waals surface area contributed by atoms with Crippen molar-refractivity contribution in [1.29, 1.82) is 0 Å². The number of nitrogens with zero attached hydrogens (tertiary/aromatic N) is 2. The second-order valence-corrected chi connectivity index (χ2v) is 18.2. The molecule has 15 nitrogen and oxygen atoms in total. The van der Waals surface area contributed by atoms with Gasteiger partial charge in [-0.25, -0.2) is 22.4 Å². The summed E-state index contributed by atoms with van der Waals surface area (Å²) >= 11 is 0. The molecule has 1 saturated heterocycles. The van der Waals surface area contributed by atoms with Crippen LogP contribution in [0.2, 0.25) is 0 Å². The molecule has 3 N–H and O–H groups in total. The van der Waals surface area contributed by atoms with Crippen molar-refractivity contribution in [2.45, 2.75) is 140 Å². The maximum atomic E-state index is 14.5. The number of fused-ring (bicyclic) bond motifs is 1. The van der Waals surface area contributed by atoms with Crippen LogP contribution in [0.1, 0.15) is 103 Å². The molecule has 0 aromatic heterocycles. The van der Waals surface area contributed by atoms with Gasteiger partial charge in [0, 0.05) is 24.9 Å². The fraction of sp³-hybridized carbons (Fsp3) is 0.632. The van der Waals surface area contributed by atoms with Crippen LogP contribution in [0, 0.1) is 11.7 Å². The predicted octanol–water partition coefficient (Wildman–Crippen LogP) is 3.49. The topological polar surface area (TPSA) is 198 Å². The predicted molar refractivity (Wildman–Crippen MR) is 195 cm³/mol. The van der Waals surface area contributed by atoms with Crippen molar-refractivity contribution in [2.24, 2.45) is 5.92 Å². The number of likely N-dealkylation sites (tertiary alicyclic amines) is 1.